The van der Waals surface area contributed by atoms with Gasteiger partial charge in [-0.25, -0.2) is 9.59 Å². The van der Waals surface area contributed by atoms with E-state index in [0.717, 1.165) is 5.56 Å². The standard InChI is InChI=1S/C20H20O6/c1-18-8-13(11-6-7-24-10-11)25-17(22)20(18,23)9-15-19(2)12(16(21)26-15)4-3-5-14(18)19/h3-7,10,13-15,23H,8-9H2,1-2H3/t13-,14+,15-,18+,19+,20+/m0/s1. The number of aliphatic hydroxyl groups is 1. The number of ether oxygens (including phenoxy) is 2. The maximum absolute atomic E-state index is 12.9. The van der Waals surface area contributed by atoms with Gasteiger partial charge in [-0.2, -0.15) is 0 Å². The van der Waals surface area contributed by atoms with Crippen LogP contribution >= 0.6 is 0 Å². The molecule has 0 spiro atoms. The lowest BCUT2D eigenvalue weighted by Crippen LogP contribution is -2.69. The van der Waals surface area contributed by atoms with Crippen LogP contribution < -0.4 is 0 Å². The Bertz CT molecular complexity index is 867. The lowest BCUT2D eigenvalue weighted by molar-refractivity contribution is -0.247. The highest BCUT2D eigenvalue weighted by molar-refractivity contribution is 5.94. The van der Waals surface area contributed by atoms with E-state index in [1.165, 1.54) is 6.26 Å². The first-order chi connectivity index (χ1) is 12.3. The highest BCUT2D eigenvalue weighted by Gasteiger charge is 2.73. The average Bonchev–Trinajstić information content (AvgIpc) is 3.19. The quantitative estimate of drug-likeness (QED) is 0.778. The molecule has 4 aliphatic rings. The fraction of sp³-hybridized carbons (Fsp3) is 0.500. The van der Waals surface area contributed by atoms with Gasteiger partial charge in [0.15, 0.2) is 5.60 Å². The molecule has 0 radical (unpaired) electrons. The van der Waals surface area contributed by atoms with E-state index in [2.05, 4.69) is 0 Å². The molecule has 2 aliphatic carbocycles. The van der Waals surface area contributed by atoms with Crippen molar-refractivity contribution in [1.82, 2.24) is 0 Å². The van der Waals surface area contributed by atoms with Crippen LogP contribution in [0, 0.1) is 16.7 Å². The number of furan rings is 1. The van der Waals surface area contributed by atoms with Crippen LogP contribution in [0.5, 0.6) is 0 Å². The van der Waals surface area contributed by atoms with E-state index in [9.17, 15) is 14.7 Å². The van der Waals surface area contributed by atoms with Crippen molar-refractivity contribution in [2.75, 3.05) is 0 Å². The molecule has 136 valence electrons. The number of hydrogen-bond donors (Lipinski definition) is 1. The summed E-state index contributed by atoms with van der Waals surface area (Å²) in [5.74, 6) is -1.25. The van der Waals surface area contributed by atoms with E-state index in [1.807, 2.05) is 26.0 Å². The topological polar surface area (TPSA) is 86.0 Å². The summed E-state index contributed by atoms with van der Waals surface area (Å²) in [5, 5.41) is 11.5. The first-order valence-electron chi connectivity index (χ1n) is 8.86. The Hall–Kier alpha value is -2.34. The van der Waals surface area contributed by atoms with Gasteiger partial charge in [0.2, 0.25) is 0 Å². The maximum Gasteiger partial charge on any atom is 0.339 e. The van der Waals surface area contributed by atoms with Gasteiger partial charge in [0.1, 0.15) is 12.2 Å². The molecule has 0 bridgehead atoms. The molecule has 0 unspecified atom stereocenters. The van der Waals surface area contributed by atoms with Gasteiger partial charge < -0.3 is 19.0 Å². The number of hydrogen-bond acceptors (Lipinski definition) is 6. The fourth-order valence-electron chi connectivity index (χ4n) is 5.58. The summed E-state index contributed by atoms with van der Waals surface area (Å²) in [6.07, 6.45) is 8.15. The SMILES string of the molecule is C[C@@]12C3=CC=C[C@@H]1[C@@]1(C)C[C@@H](c4ccoc4)OC(=O)[C@]1(O)C[C@@H]2OC3=O. The van der Waals surface area contributed by atoms with Gasteiger partial charge in [-0.1, -0.05) is 32.1 Å². The number of carbonyl (C=O) groups excluding carboxylic acids is 2. The second-order valence-electron chi connectivity index (χ2n) is 8.26. The number of fused-ring (bicyclic) bond motifs is 2. The summed E-state index contributed by atoms with van der Waals surface area (Å²) in [4.78, 5) is 25.3. The second kappa shape index (κ2) is 4.68. The van der Waals surface area contributed by atoms with Crippen LogP contribution in [-0.2, 0) is 19.1 Å². The summed E-state index contributed by atoms with van der Waals surface area (Å²) < 4.78 is 16.3. The Morgan fingerprint density at radius 1 is 1.19 bits per heavy atom. The summed E-state index contributed by atoms with van der Waals surface area (Å²) in [6, 6.07) is 1.77. The predicted octanol–water partition coefficient (Wildman–Crippen LogP) is 2.45. The fourth-order valence-corrected chi connectivity index (χ4v) is 5.58. The van der Waals surface area contributed by atoms with Gasteiger partial charge in [-0.05, 0) is 18.4 Å². The lowest BCUT2D eigenvalue weighted by Gasteiger charge is -2.61. The Kier molecular flexibility index (Phi) is 2.86. The molecule has 26 heavy (non-hydrogen) atoms. The van der Waals surface area contributed by atoms with Gasteiger partial charge in [0, 0.05) is 28.4 Å². The minimum Gasteiger partial charge on any atom is -0.472 e. The highest BCUT2D eigenvalue weighted by atomic mass is 16.6. The number of allylic oxidation sites excluding steroid dienone is 3. The largest absolute Gasteiger partial charge is 0.472 e. The Balaban J connectivity index is 1.66. The lowest BCUT2D eigenvalue weighted by atomic mass is 9.45. The van der Waals surface area contributed by atoms with Crippen molar-refractivity contribution in [2.45, 2.75) is 44.5 Å². The first kappa shape index (κ1) is 15.9. The smallest absolute Gasteiger partial charge is 0.339 e. The Morgan fingerprint density at radius 3 is 2.73 bits per heavy atom. The molecule has 0 aromatic carbocycles. The molecule has 6 nitrogen and oxygen atoms in total. The van der Waals surface area contributed by atoms with E-state index in [4.69, 9.17) is 13.9 Å². The molecule has 6 atom stereocenters. The van der Waals surface area contributed by atoms with Crippen LogP contribution in [0.2, 0.25) is 0 Å². The van der Waals surface area contributed by atoms with Gasteiger partial charge in [-0.15, -0.1) is 0 Å². The summed E-state index contributed by atoms with van der Waals surface area (Å²) >= 11 is 0. The Labute approximate surface area is 150 Å². The average molecular weight is 356 g/mol. The van der Waals surface area contributed by atoms with E-state index in [1.54, 1.807) is 18.4 Å². The maximum atomic E-state index is 12.9. The van der Waals surface area contributed by atoms with Gasteiger partial charge in [0.05, 0.1) is 12.5 Å². The summed E-state index contributed by atoms with van der Waals surface area (Å²) in [7, 11) is 0. The van der Waals surface area contributed by atoms with Crippen LogP contribution in [0.3, 0.4) is 0 Å². The van der Waals surface area contributed by atoms with Crippen molar-refractivity contribution in [2.24, 2.45) is 16.7 Å². The number of esters is 2. The normalized spacial score (nSPS) is 46.1. The van der Waals surface area contributed by atoms with Crippen LogP contribution in [0.15, 0.2) is 46.8 Å². The van der Waals surface area contributed by atoms with Crippen LogP contribution in [0.25, 0.3) is 0 Å². The molecule has 0 amide bonds. The van der Waals surface area contributed by atoms with E-state index in [0.29, 0.717) is 12.0 Å². The van der Waals surface area contributed by atoms with Crippen molar-refractivity contribution in [1.29, 1.82) is 0 Å². The molecule has 3 heterocycles. The molecule has 2 aliphatic heterocycles. The predicted molar refractivity (Wildman–Crippen MR) is 88.5 cm³/mol. The number of rotatable bonds is 1. The van der Waals surface area contributed by atoms with Crippen molar-refractivity contribution >= 4 is 11.9 Å². The van der Waals surface area contributed by atoms with Gasteiger partial charge in [0.25, 0.3) is 0 Å². The third-order valence-electron chi connectivity index (χ3n) is 7.15. The summed E-state index contributed by atoms with van der Waals surface area (Å²) in [6.45, 7) is 3.92. The van der Waals surface area contributed by atoms with E-state index < -0.39 is 34.6 Å². The van der Waals surface area contributed by atoms with Crippen LogP contribution in [0.1, 0.15) is 38.4 Å². The highest BCUT2D eigenvalue weighted by Crippen LogP contribution is 2.67. The van der Waals surface area contributed by atoms with Crippen LogP contribution in [-0.4, -0.2) is 28.8 Å². The van der Waals surface area contributed by atoms with Crippen molar-refractivity contribution in [3.05, 3.63) is 48.0 Å². The molecule has 2 saturated heterocycles. The number of cyclic esters (lactones) is 1. The molecule has 3 fully saturated rings. The molecule has 1 aromatic rings. The minimum atomic E-state index is -1.71. The Morgan fingerprint density at radius 2 is 2.00 bits per heavy atom. The zero-order chi connectivity index (χ0) is 18.3. The molecular weight excluding hydrogens is 336 g/mol. The number of carbonyl (C=O) groups is 2. The molecule has 1 saturated carbocycles. The monoisotopic (exact) mass is 356 g/mol. The zero-order valence-electron chi connectivity index (χ0n) is 14.6. The minimum absolute atomic E-state index is 0.0460. The first-order valence-corrected chi connectivity index (χ1v) is 8.86. The molecule has 1 N–H and O–H groups in total. The second-order valence-corrected chi connectivity index (χ2v) is 8.26. The van der Waals surface area contributed by atoms with Gasteiger partial charge >= 0.3 is 11.9 Å². The van der Waals surface area contributed by atoms with Crippen molar-refractivity contribution in [3.8, 4) is 0 Å². The molecule has 6 heteroatoms. The molecular formula is C20H20O6. The van der Waals surface area contributed by atoms with Crippen molar-refractivity contribution < 1.29 is 28.6 Å². The van der Waals surface area contributed by atoms with Crippen LogP contribution in [0.4, 0.5) is 0 Å². The molecule has 1 aromatic heterocycles. The summed E-state index contributed by atoms with van der Waals surface area (Å²) in [5.41, 5.74) is -1.69. The van der Waals surface area contributed by atoms with E-state index >= 15 is 0 Å². The third-order valence-corrected chi connectivity index (χ3v) is 7.15. The van der Waals surface area contributed by atoms with E-state index in [-0.39, 0.29) is 18.3 Å². The third kappa shape index (κ3) is 1.62. The van der Waals surface area contributed by atoms with Gasteiger partial charge in [-0.3, -0.25) is 0 Å². The van der Waals surface area contributed by atoms with Crippen molar-refractivity contribution in [3.63, 3.8) is 0 Å². The zero-order valence-corrected chi connectivity index (χ0v) is 14.6. The molecule has 5 rings (SSSR count).